The van der Waals surface area contributed by atoms with E-state index in [1.54, 1.807) is 61.4 Å². The smallest absolute Gasteiger partial charge is 0.434 e. The number of fused-ring (bicyclic) bond motifs is 3. The van der Waals surface area contributed by atoms with Crippen LogP contribution >= 0.6 is 0 Å². The van der Waals surface area contributed by atoms with Crippen molar-refractivity contribution >= 4 is 27.7 Å². The predicted octanol–water partition coefficient (Wildman–Crippen LogP) is 9.13. The first kappa shape index (κ1) is 41.1. The maximum atomic E-state index is 16.2. The van der Waals surface area contributed by atoms with Gasteiger partial charge in [0.25, 0.3) is 5.91 Å². The van der Waals surface area contributed by atoms with E-state index < -0.39 is 23.2 Å². The Kier molecular flexibility index (Phi) is 9.10. The average Bonchev–Trinajstić information content (AvgIpc) is 3.90. The lowest BCUT2D eigenvalue weighted by Gasteiger charge is -2.35. The maximum absolute atomic E-state index is 16.2. The summed E-state index contributed by atoms with van der Waals surface area (Å²) in [6.45, 7) is 14.5. The number of aromatic amines is 1. The molecule has 0 unspecified atom stereocenters. The van der Waals surface area contributed by atoms with Gasteiger partial charge in [-0.3, -0.25) is 19.0 Å². The molecule has 1 amide bonds. The van der Waals surface area contributed by atoms with E-state index in [4.69, 9.17) is 23.8 Å². The number of nitrogens with one attached hydrogen (secondary N) is 1. The lowest BCUT2D eigenvalue weighted by atomic mass is 9.83. The normalized spacial score (nSPS) is 21.7. The van der Waals surface area contributed by atoms with E-state index in [0.29, 0.717) is 82.2 Å². The van der Waals surface area contributed by atoms with Crippen molar-refractivity contribution in [2.45, 2.75) is 97.2 Å². The van der Waals surface area contributed by atoms with Crippen molar-refractivity contribution in [1.82, 2.24) is 44.2 Å². The number of aromatic nitrogens is 8. The fourth-order valence-electron chi connectivity index (χ4n) is 10.8. The molecule has 65 heavy (non-hydrogen) atoms. The number of H-pyrrole nitrogens is 1. The summed E-state index contributed by atoms with van der Waals surface area (Å²) in [7, 11) is 1.76. The Morgan fingerprint density at radius 1 is 0.969 bits per heavy atom. The van der Waals surface area contributed by atoms with Crippen LogP contribution in [0.4, 0.5) is 8.78 Å². The molecule has 16 heteroatoms. The first-order valence-corrected chi connectivity index (χ1v) is 22.2. The molecule has 8 aromatic rings. The van der Waals surface area contributed by atoms with Crippen molar-refractivity contribution in [1.29, 1.82) is 0 Å². The third kappa shape index (κ3) is 6.27. The summed E-state index contributed by atoms with van der Waals surface area (Å²) in [5.74, 6) is -0.588. The van der Waals surface area contributed by atoms with Crippen molar-refractivity contribution in [2.75, 3.05) is 13.2 Å². The summed E-state index contributed by atoms with van der Waals surface area (Å²) >= 11 is 0. The predicted molar refractivity (Wildman–Crippen MR) is 238 cm³/mol. The lowest BCUT2D eigenvalue weighted by Crippen LogP contribution is -2.41. The van der Waals surface area contributed by atoms with Crippen LogP contribution in [0, 0.1) is 38.3 Å². The second-order valence-corrected chi connectivity index (χ2v) is 19.0. The van der Waals surface area contributed by atoms with Gasteiger partial charge in [-0.25, -0.2) is 23.2 Å². The molecule has 4 atom stereocenters. The standard InChI is InChI=1S/C49H49F2N9O5/c1-24-17-32(18-25(2)40(24)50)60-42(44-53-27(4)43(64-44)33-10-12-37-34(41(33)51)23-52-57(37)8)39-28(5)58(15-13-35(39)55-60)45(61)38-20-31-19-29(30-14-16-63-48(6,7)22-30)9-11-36(31)59(38)49(21-26(49)3)46-54-47(62)65-56-46/h9-12,17-20,23,26,28,30H,13-16,21-22H2,1-8H3,(H,54,56,62)/t26-,28-,30-,49-/m0/s1. The first-order chi connectivity index (χ1) is 31.0. The number of hydrogen-bond donors (Lipinski definition) is 1. The van der Waals surface area contributed by atoms with Gasteiger partial charge >= 0.3 is 5.76 Å². The van der Waals surface area contributed by atoms with E-state index in [0.717, 1.165) is 29.4 Å². The monoisotopic (exact) mass is 881 g/mol. The minimum Gasteiger partial charge on any atom is -0.434 e. The molecule has 14 nitrogen and oxygen atoms in total. The Bertz CT molecular complexity index is 3310. The van der Waals surface area contributed by atoms with Crippen LogP contribution in [0.5, 0.6) is 0 Å². The number of aryl methyl sites for hydroxylation is 4. The van der Waals surface area contributed by atoms with Crippen LogP contribution in [-0.4, -0.2) is 68.8 Å². The topological polar surface area (TPSA) is 155 Å². The molecule has 2 fully saturated rings. The van der Waals surface area contributed by atoms with E-state index in [1.807, 2.05) is 17.9 Å². The summed E-state index contributed by atoms with van der Waals surface area (Å²) in [6.07, 6.45) is 4.27. The van der Waals surface area contributed by atoms with E-state index in [-0.39, 0.29) is 46.4 Å². The fourth-order valence-corrected chi connectivity index (χ4v) is 10.8. The summed E-state index contributed by atoms with van der Waals surface area (Å²) in [5.41, 5.74) is 6.08. The molecule has 7 heterocycles. The molecule has 2 aliphatic heterocycles. The van der Waals surface area contributed by atoms with Crippen LogP contribution in [-0.2, 0) is 23.7 Å². The summed E-state index contributed by atoms with van der Waals surface area (Å²) in [4.78, 5) is 37.6. The SMILES string of the molecule is Cc1cc(-n2nc3c(c2-c2nc(C)c(-c4ccc5c(cnn5C)c4F)o2)[C@H](C)N(C(=O)c2cc4cc([C@H]5CCOC(C)(C)C5)ccc4n2[C@@]2(c4noc(=O)[nH]4)C[C@@H]2C)CC3)cc(C)c1F. The first-order valence-electron chi connectivity index (χ1n) is 22.2. The van der Waals surface area contributed by atoms with Gasteiger partial charge in [0.15, 0.2) is 11.6 Å². The van der Waals surface area contributed by atoms with Crippen LogP contribution in [0.15, 0.2) is 68.5 Å². The summed E-state index contributed by atoms with van der Waals surface area (Å²) in [5, 5.41) is 14.8. The van der Waals surface area contributed by atoms with Gasteiger partial charge in [0.1, 0.15) is 28.6 Å². The Balaban J connectivity index is 1.06. The molecule has 1 saturated heterocycles. The van der Waals surface area contributed by atoms with Gasteiger partial charge in [0, 0.05) is 43.1 Å². The number of benzene rings is 3. The fraction of sp³-hybridized carbons (Fsp3) is 0.388. The van der Waals surface area contributed by atoms with Gasteiger partial charge in [0.05, 0.1) is 51.4 Å². The van der Waals surface area contributed by atoms with Crippen LogP contribution in [0.25, 0.3) is 50.4 Å². The molecule has 3 aromatic carbocycles. The van der Waals surface area contributed by atoms with Gasteiger partial charge < -0.3 is 18.6 Å². The second kappa shape index (κ2) is 14.4. The molecule has 11 rings (SSSR count). The molecule has 1 saturated carbocycles. The van der Waals surface area contributed by atoms with Crippen molar-refractivity contribution < 1.29 is 27.3 Å². The molecule has 3 aliphatic rings. The number of hydrogen-bond acceptors (Lipinski definition) is 9. The summed E-state index contributed by atoms with van der Waals surface area (Å²) in [6, 6.07) is 14.7. The van der Waals surface area contributed by atoms with Crippen LogP contribution in [0.1, 0.15) is 109 Å². The number of carbonyl (C=O) groups excluding carboxylic acids is 1. The van der Waals surface area contributed by atoms with Crippen LogP contribution in [0.3, 0.4) is 0 Å². The molecular weight excluding hydrogens is 833 g/mol. The highest BCUT2D eigenvalue weighted by Crippen LogP contribution is 2.56. The number of nitrogens with zero attached hydrogens (tertiary/aromatic N) is 8. The van der Waals surface area contributed by atoms with Crippen molar-refractivity contribution in [3.63, 3.8) is 0 Å². The average molecular weight is 882 g/mol. The lowest BCUT2D eigenvalue weighted by molar-refractivity contribution is -0.0592. The maximum Gasteiger partial charge on any atom is 0.438 e. The third-order valence-electron chi connectivity index (χ3n) is 14.2. The van der Waals surface area contributed by atoms with Crippen molar-refractivity contribution in [3.05, 3.63) is 122 Å². The van der Waals surface area contributed by atoms with E-state index in [9.17, 15) is 4.79 Å². The van der Waals surface area contributed by atoms with Gasteiger partial charge in [-0.2, -0.15) is 10.2 Å². The number of ether oxygens (including phenoxy) is 1. The Hall–Kier alpha value is -6.68. The van der Waals surface area contributed by atoms with Gasteiger partial charge in [-0.1, -0.05) is 18.1 Å². The van der Waals surface area contributed by atoms with Crippen LogP contribution < -0.4 is 5.76 Å². The second-order valence-electron chi connectivity index (χ2n) is 19.0. The third-order valence-corrected chi connectivity index (χ3v) is 14.2. The molecule has 334 valence electrons. The molecule has 5 aromatic heterocycles. The largest absolute Gasteiger partial charge is 0.438 e. The highest BCUT2D eigenvalue weighted by molar-refractivity contribution is 6.00. The number of rotatable bonds is 7. The molecule has 0 spiro atoms. The highest BCUT2D eigenvalue weighted by atomic mass is 19.1. The minimum atomic E-state index is -0.834. The van der Waals surface area contributed by atoms with Crippen molar-refractivity contribution in [2.24, 2.45) is 13.0 Å². The zero-order valence-electron chi connectivity index (χ0n) is 37.5. The van der Waals surface area contributed by atoms with E-state index in [1.165, 1.54) is 11.8 Å². The highest BCUT2D eigenvalue weighted by Gasteiger charge is 2.59. The van der Waals surface area contributed by atoms with Gasteiger partial charge in [0.2, 0.25) is 5.89 Å². The number of halogens is 2. The molecule has 0 bridgehead atoms. The number of amides is 1. The van der Waals surface area contributed by atoms with Gasteiger partial charge in [-0.05, 0) is 132 Å². The molecule has 1 aliphatic carbocycles. The zero-order chi connectivity index (χ0) is 45.4. The van der Waals surface area contributed by atoms with E-state index in [2.05, 4.69) is 58.8 Å². The minimum absolute atomic E-state index is 0.0189. The molecular formula is C49H49F2N9O5. The van der Waals surface area contributed by atoms with Gasteiger partial charge in [-0.15, -0.1) is 0 Å². The molecule has 0 radical (unpaired) electrons. The Labute approximate surface area is 372 Å². The zero-order valence-corrected chi connectivity index (χ0v) is 37.5. The number of oxazole rings is 1. The Morgan fingerprint density at radius 3 is 2.43 bits per heavy atom. The molecule has 1 N–H and O–H groups in total. The van der Waals surface area contributed by atoms with Crippen LogP contribution in [0.2, 0.25) is 0 Å². The quantitative estimate of drug-likeness (QED) is 0.165. The Morgan fingerprint density at radius 2 is 1.72 bits per heavy atom. The number of carbonyl (C=O) groups is 1. The van der Waals surface area contributed by atoms with Crippen molar-refractivity contribution in [3.8, 4) is 28.6 Å². The van der Waals surface area contributed by atoms with E-state index >= 15 is 13.6 Å². The summed E-state index contributed by atoms with van der Waals surface area (Å²) < 4.78 is 54.4.